The first-order chi connectivity index (χ1) is 12.7. The molecule has 1 aromatic rings. The first-order valence-corrected chi connectivity index (χ1v) is 10.4. The second kappa shape index (κ2) is 11.2. The van der Waals surface area contributed by atoms with Crippen LogP contribution in [-0.4, -0.2) is 70.9 Å². The number of nitrogens with zero attached hydrogens (tertiary/aromatic N) is 5. The number of aliphatic imine (C=N–C) groups is 1. The number of piperidine rings is 1. The zero-order chi connectivity index (χ0) is 18.4. The van der Waals surface area contributed by atoms with Crippen LogP contribution in [0.3, 0.4) is 0 Å². The van der Waals surface area contributed by atoms with E-state index in [9.17, 15) is 0 Å². The standard InChI is InChI=1S/C20H36N6.HI/c1-4-21-20(22-10-7-12-25-11-6-5-8-17(25)2)26-13-9-18(16-26)19-14-23-24(3)15-19;/h14-15,17-18H,4-13,16H2,1-3H3,(H,21,22);1H. The third-order valence-electron chi connectivity index (χ3n) is 5.82. The molecule has 2 unspecified atom stereocenters. The molecular weight excluding hydrogens is 451 g/mol. The zero-order valence-corrected chi connectivity index (χ0v) is 19.6. The number of hydrogen-bond acceptors (Lipinski definition) is 3. The van der Waals surface area contributed by atoms with Gasteiger partial charge < -0.3 is 15.1 Å². The molecule has 0 radical (unpaired) electrons. The van der Waals surface area contributed by atoms with Crippen LogP contribution in [-0.2, 0) is 7.05 Å². The normalized spacial score (nSPS) is 24.1. The second-order valence-electron chi connectivity index (χ2n) is 7.85. The van der Waals surface area contributed by atoms with Crippen LogP contribution >= 0.6 is 24.0 Å². The van der Waals surface area contributed by atoms with Crippen LogP contribution in [0.2, 0.25) is 0 Å². The molecule has 0 aliphatic carbocycles. The van der Waals surface area contributed by atoms with Crippen LogP contribution < -0.4 is 5.32 Å². The minimum absolute atomic E-state index is 0. The summed E-state index contributed by atoms with van der Waals surface area (Å²) in [6.07, 6.45) is 10.6. The Kier molecular flexibility index (Phi) is 9.35. The van der Waals surface area contributed by atoms with Crippen molar-refractivity contribution in [2.75, 3.05) is 39.3 Å². The van der Waals surface area contributed by atoms with Gasteiger partial charge in [-0.05, 0) is 51.6 Å². The van der Waals surface area contributed by atoms with E-state index in [0.717, 1.165) is 44.6 Å². The Morgan fingerprint density at radius 2 is 2.15 bits per heavy atom. The lowest BCUT2D eigenvalue weighted by Gasteiger charge is -2.33. The molecule has 27 heavy (non-hydrogen) atoms. The third-order valence-corrected chi connectivity index (χ3v) is 5.82. The molecule has 154 valence electrons. The van der Waals surface area contributed by atoms with E-state index in [1.54, 1.807) is 0 Å². The largest absolute Gasteiger partial charge is 0.357 e. The number of guanidine groups is 1. The Bertz CT molecular complexity index is 587. The van der Waals surface area contributed by atoms with Gasteiger partial charge in [0, 0.05) is 57.9 Å². The number of aromatic nitrogens is 2. The van der Waals surface area contributed by atoms with Crippen molar-refractivity contribution < 1.29 is 0 Å². The fourth-order valence-electron chi connectivity index (χ4n) is 4.25. The number of nitrogens with one attached hydrogen (secondary N) is 1. The van der Waals surface area contributed by atoms with Gasteiger partial charge in [0.05, 0.1) is 6.20 Å². The maximum atomic E-state index is 4.92. The molecule has 0 amide bonds. The van der Waals surface area contributed by atoms with Crippen molar-refractivity contribution in [2.45, 2.75) is 57.9 Å². The van der Waals surface area contributed by atoms with E-state index in [0.29, 0.717) is 5.92 Å². The molecule has 2 saturated heterocycles. The quantitative estimate of drug-likeness (QED) is 0.290. The topological polar surface area (TPSA) is 48.7 Å². The van der Waals surface area contributed by atoms with Crippen molar-refractivity contribution in [3.63, 3.8) is 0 Å². The maximum absolute atomic E-state index is 4.92. The van der Waals surface area contributed by atoms with Gasteiger partial charge in [-0.1, -0.05) is 6.42 Å². The number of aryl methyl sites for hydroxylation is 1. The van der Waals surface area contributed by atoms with Gasteiger partial charge >= 0.3 is 0 Å². The van der Waals surface area contributed by atoms with Crippen LogP contribution in [0.15, 0.2) is 17.4 Å². The molecule has 0 bridgehead atoms. The van der Waals surface area contributed by atoms with Gasteiger partial charge in [-0.3, -0.25) is 9.67 Å². The third kappa shape index (κ3) is 6.34. The Morgan fingerprint density at radius 1 is 1.30 bits per heavy atom. The molecule has 2 fully saturated rings. The fourth-order valence-corrected chi connectivity index (χ4v) is 4.25. The predicted octanol–water partition coefficient (Wildman–Crippen LogP) is 3.06. The minimum atomic E-state index is 0. The van der Waals surface area contributed by atoms with Crippen molar-refractivity contribution in [2.24, 2.45) is 12.0 Å². The Morgan fingerprint density at radius 3 is 2.85 bits per heavy atom. The highest BCUT2D eigenvalue weighted by molar-refractivity contribution is 14.0. The van der Waals surface area contributed by atoms with E-state index in [1.807, 2.05) is 17.9 Å². The van der Waals surface area contributed by atoms with E-state index in [2.05, 4.69) is 40.3 Å². The summed E-state index contributed by atoms with van der Waals surface area (Å²) in [6, 6.07) is 0.750. The van der Waals surface area contributed by atoms with Crippen LogP contribution in [0.25, 0.3) is 0 Å². The number of likely N-dealkylation sites (tertiary alicyclic amines) is 2. The van der Waals surface area contributed by atoms with E-state index in [4.69, 9.17) is 4.99 Å². The first-order valence-electron chi connectivity index (χ1n) is 10.4. The van der Waals surface area contributed by atoms with Crippen LogP contribution in [0, 0.1) is 0 Å². The summed E-state index contributed by atoms with van der Waals surface area (Å²) in [5.41, 5.74) is 1.35. The van der Waals surface area contributed by atoms with Gasteiger partial charge in [-0.25, -0.2) is 0 Å². The van der Waals surface area contributed by atoms with Crippen LogP contribution in [0.1, 0.15) is 57.4 Å². The summed E-state index contributed by atoms with van der Waals surface area (Å²) in [5.74, 6) is 1.66. The molecule has 3 heterocycles. The van der Waals surface area contributed by atoms with Crippen LogP contribution in [0.5, 0.6) is 0 Å². The average molecular weight is 488 g/mol. The van der Waals surface area contributed by atoms with Gasteiger partial charge in [0.1, 0.15) is 0 Å². The maximum Gasteiger partial charge on any atom is 0.193 e. The Balaban J connectivity index is 0.00000261. The van der Waals surface area contributed by atoms with Crippen molar-refractivity contribution in [3.8, 4) is 0 Å². The Labute approximate surface area is 181 Å². The lowest BCUT2D eigenvalue weighted by atomic mass is 10.0. The molecule has 2 atom stereocenters. The van der Waals surface area contributed by atoms with Gasteiger partial charge in [-0.15, -0.1) is 24.0 Å². The minimum Gasteiger partial charge on any atom is -0.357 e. The molecule has 6 nitrogen and oxygen atoms in total. The molecule has 0 saturated carbocycles. The summed E-state index contributed by atoms with van der Waals surface area (Å²) < 4.78 is 1.90. The van der Waals surface area contributed by atoms with Crippen LogP contribution in [0.4, 0.5) is 0 Å². The average Bonchev–Trinajstić information content (AvgIpc) is 3.28. The van der Waals surface area contributed by atoms with E-state index in [-0.39, 0.29) is 24.0 Å². The molecule has 1 aromatic heterocycles. The molecule has 1 N–H and O–H groups in total. The first kappa shape index (κ1) is 22.5. The number of halogens is 1. The molecular formula is C20H37IN6. The van der Waals surface area contributed by atoms with Crippen molar-refractivity contribution >= 4 is 29.9 Å². The zero-order valence-electron chi connectivity index (χ0n) is 17.2. The van der Waals surface area contributed by atoms with Crippen molar-refractivity contribution in [1.82, 2.24) is 24.9 Å². The Hall–Kier alpha value is -0.830. The van der Waals surface area contributed by atoms with E-state index < -0.39 is 0 Å². The van der Waals surface area contributed by atoms with Gasteiger partial charge in [0.25, 0.3) is 0 Å². The highest BCUT2D eigenvalue weighted by Gasteiger charge is 2.26. The monoisotopic (exact) mass is 488 g/mol. The number of hydrogen-bond donors (Lipinski definition) is 1. The molecule has 0 aromatic carbocycles. The van der Waals surface area contributed by atoms with E-state index in [1.165, 1.54) is 44.3 Å². The summed E-state index contributed by atoms with van der Waals surface area (Å²) in [4.78, 5) is 9.98. The second-order valence-corrected chi connectivity index (χ2v) is 7.85. The molecule has 2 aliphatic rings. The smallest absolute Gasteiger partial charge is 0.193 e. The lowest BCUT2D eigenvalue weighted by molar-refractivity contribution is 0.160. The molecule has 2 aliphatic heterocycles. The lowest BCUT2D eigenvalue weighted by Crippen LogP contribution is -2.40. The van der Waals surface area contributed by atoms with Gasteiger partial charge in [0.2, 0.25) is 0 Å². The summed E-state index contributed by atoms with van der Waals surface area (Å²) in [6.45, 7) is 10.9. The van der Waals surface area contributed by atoms with Gasteiger partial charge in [-0.2, -0.15) is 5.10 Å². The molecule has 3 rings (SSSR count). The fraction of sp³-hybridized carbons (Fsp3) is 0.800. The van der Waals surface area contributed by atoms with Crippen molar-refractivity contribution in [1.29, 1.82) is 0 Å². The summed E-state index contributed by atoms with van der Waals surface area (Å²) in [7, 11) is 1.99. The summed E-state index contributed by atoms with van der Waals surface area (Å²) >= 11 is 0. The molecule has 0 spiro atoms. The summed E-state index contributed by atoms with van der Waals surface area (Å²) in [5, 5.41) is 7.82. The highest BCUT2D eigenvalue weighted by Crippen LogP contribution is 2.26. The highest BCUT2D eigenvalue weighted by atomic mass is 127. The van der Waals surface area contributed by atoms with Crippen molar-refractivity contribution in [3.05, 3.63) is 18.0 Å². The predicted molar refractivity (Wildman–Crippen MR) is 123 cm³/mol. The SMILES string of the molecule is CCNC(=NCCCN1CCCCC1C)N1CCC(c2cnn(C)c2)C1.I. The molecule has 7 heteroatoms. The van der Waals surface area contributed by atoms with E-state index >= 15 is 0 Å². The number of rotatable bonds is 6. The van der Waals surface area contributed by atoms with Gasteiger partial charge in [0.15, 0.2) is 5.96 Å².